The molecule has 0 aromatic heterocycles. The molecule has 4 saturated carbocycles. The molecule has 0 bridgehead atoms. The summed E-state index contributed by atoms with van der Waals surface area (Å²) in [6, 6.07) is 0. The lowest BCUT2D eigenvalue weighted by Crippen LogP contribution is -2.53. The maximum atomic E-state index is 5.61. The van der Waals surface area contributed by atoms with Crippen molar-refractivity contribution in [2.24, 2.45) is 56.2 Å². The van der Waals surface area contributed by atoms with Gasteiger partial charge in [0.1, 0.15) is 0 Å². The molecule has 0 spiro atoms. The standard InChI is InChI=1S/C21H34N6S2/c1-20-9-7-13(24-26-18(22)28)11-12(20)3-4-14-15-5-6-17(25-27-19(23)29)21(15,2)10-8-16(14)20/h12,14-16H,3-11H2,1-2H3,(H3,22,26,28)(H3,23,27,29)/b24-13-,25-17+/t12-,14-,15+,16+,20-,21-/m0/s1. The number of hydrogen-bond donors (Lipinski definition) is 4. The average Bonchev–Trinajstić information content (AvgIpc) is 3.01. The van der Waals surface area contributed by atoms with Crippen molar-refractivity contribution < 1.29 is 0 Å². The molecular weight excluding hydrogens is 400 g/mol. The first-order chi connectivity index (χ1) is 13.7. The van der Waals surface area contributed by atoms with Crippen LogP contribution < -0.4 is 22.3 Å². The highest BCUT2D eigenvalue weighted by atomic mass is 32.1. The number of rotatable bonds is 2. The van der Waals surface area contributed by atoms with Crippen molar-refractivity contribution in [3.8, 4) is 0 Å². The summed E-state index contributed by atoms with van der Waals surface area (Å²) in [5.41, 5.74) is 20.0. The molecule has 0 heterocycles. The average molecular weight is 435 g/mol. The van der Waals surface area contributed by atoms with Gasteiger partial charge in [-0.05, 0) is 111 Å². The zero-order valence-corrected chi connectivity index (χ0v) is 19.2. The van der Waals surface area contributed by atoms with E-state index in [1.54, 1.807) is 0 Å². The molecular formula is C21H34N6S2. The van der Waals surface area contributed by atoms with Crippen LogP contribution >= 0.6 is 24.4 Å². The fourth-order valence-corrected chi connectivity index (χ4v) is 7.48. The maximum absolute atomic E-state index is 5.61. The molecule has 4 aliphatic rings. The van der Waals surface area contributed by atoms with Gasteiger partial charge in [0.05, 0.1) is 0 Å². The number of hydrazone groups is 2. The quantitative estimate of drug-likeness (QED) is 0.392. The molecule has 4 fully saturated rings. The number of fused-ring (bicyclic) bond motifs is 5. The first-order valence-corrected chi connectivity index (χ1v) is 11.8. The van der Waals surface area contributed by atoms with E-state index in [9.17, 15) is 0 Å². The third-order valence-corrected chi connectivity index (χ3v) is 9.05. The Morgan fingerprint density at radius 2 is 1.66 bits per heavy atom. The van der Waals surface area contributed by atoms with Crippen LogP contribution in [0, 0.1) is 34.5 Å². The molecule has 4 aliphatic carbocycles. The zero-order chi connectivity index (χ0) is 20.8. The van der Waals surface area contributed by atoms with Gasteiger partial charge in [-0.3, -0.25) is 10.9 Å². The second-order valence-electron chi connectivity index (χ2n) is 10.0. The van der Waals surface area contributed by atoms with Gasteiger partial charge in [0.15, 0.2) is 10.2 Å². The van der Waals surface area contributed by atoms with Crippen LogP contribution in [0.25, 0.3) is 0 Å². The SMILES string of the molecule is C[C@]12CC/C(=N/NC(N)=S)C[C@@H]1CC[C@@H]1[C@H]2CC[C@]2(C)/C(=N/NC(N)=S)CC[C@H]12. The van der Waals surface area contributed by atoms with Crippen LogP contribution in [0.4, 0.5) is 0 Å². The van der Waals surface area contributed by atoms with Crippen LogP contribution in [0.3, 0.4) is 0 Å². The van der Waals surface area contributed by atoms with Crippen molar-refractivity contribution in [2.45, 2.75) is 71.6 Å². The molecule has 0 saturated heterocycles. The lowest BCUT2D eigenvalue weighted by atomic mass is 9.45. The Morgan fingerprint density at radius 1 is 0.931 bits per heavy atom. The van der Waals surface area contributed by atoms with Crippen molar-refractivity contribution in [2.75, 3.05) is 0 Å². The summed E-state index contributed by atoms with van der Waals surface area (Å²) in [6.07, 6.45) is 10.8. The van der Waals surface area contributed by atoms with Crippen molar-refractivity contribution in [3.63, 3.8) is 0 Å². The van der Waals surface area contributed by atoms with E-state index in [1.807, 2.05) is 0 Å². The lowest BCUT2D eigenvalue weighted by Gasteiger charge is -2.59. The van der Waals surface area contributed by atoms with Crippen LogP contribution in [0.5, 0.6) is 0 Å². The first-order valence-electron chi connectivity index (χ1n) is 11.0. The molecule has 6 nitrogen and oxygen atoms in total. The minimum absolute atomic E-state index is 0.199. The van der Waals surface area contributed by atoms with E-state index < -0.39 is 0 Å². The molecule has 0 unspecified atom stereocenters. The van der Waals surface area contributed by atoms with Gasteiger partial charge < -0.3 is 11.5 Å². The summed E-state index contributed by atoms with van der Waals surface area (Å²) in [5, 5.41) is 9.61. The van der Waals surface area contributed by atoms with Crippen LogP contribution in [0.2, 0.25) is 0 Å². The van der Waals surface area contributed by atoms with Crippen LogP contribution in [-0.4, -0.2) is 21.6 Å². The Hall–Kier alpha value is -1.28. The van der Waals surface area contributed by atoms with Gasteiger partial charge >= 0.3 is 0 Å². The largest absolute Gasteiger partial charge is 0.375 e. The molecule has 6 N–H and O–H groups in total. The summed E-state index contributed by atoms with van der Waals surface area (Å²) in [5.74, 6) is 3.07. The van der Waals surface area contributed by atoms with Gasteiger partial charge in [0.25, 0.3) is 0 Å². The van der Waals surface area contributed by atoms with Crippen molar-refractivity contribution in [3.05, 3.63) is 0 Å². The highest BCUT2D eigenvalue weighted by Gasteiger charge is 2.59. The molecule has 8 heteroatoms. The Bertz CT molecular complexity index is 764. The molecule has 29 heavy (non-hydrogen) atoms. The van der Waals surface area contributed by atoms with E-state index in [4.69, 9.17) is 35.9 Å². The normalized spacial score (nSPS) is 43.9. The minimum atomic E-state index is 0.199. The van der Waals surface area contributed by atoms with Gasteiger partial charge in [0.2, 0.25) is 0 Å². The number of nitrogens with two attached hydrogens (primary N) is 2. The monoisotopic (exact) mass is 434 g/mol. The van der Waals surface area contributed by atoms with E-state index in [-0.39, 0.29) is 15.6 Å². The highest BCUT2D eigenvalue weighted by molar-refractivity contribution is 7.80. The fraction of sp³-hybridized carbons (Fsp3) is 0.810. The third-order valence-electron chi connectivity index (χ3n) is 8.87. The molecule has 0 aliphatic heterocycles. The lowest BCUT2D eigenvalue weighted by molar-refractivity contribution is -0.0815. The maximum Gasteiger partial charge on any atom is 0.184 e. The zero-order valence-electron chi connectivity index (χ0n) is 17.5. The summed E-state index contributed by atoms with van der Waals surface area (Å²) in [7, 11) is 0. The van der Waals surface area contributed by atoms with Gasteiger partial charge in [-0.25, -0.2) is 0 Å². The summed E-state index contributed by atoms with van der Waals surface area (Å²) in [6.45, 7) is 5.00. The van der Waals surface area contributed by atoms with E-state index in [0.717, 1.165) is 42.9 Å². The predicted molar refractivity (Wildman–Crippen MR) is 126 cm³/mol. The van der Waals surface area contributed by atoms with Crippen molar-refractivity contribution in [1.82, 2.24) is 10.9 Å². The molecule has 0 aromatic rings. The molecule has 160 valence electrons. The van der Waals surface area contributed by atoms with Crippen LogP contribution in [0.1, 0.15) is 71.6 Å². The van der Waals surface area contributed by atoms with Crippen molar-refractivity contribution >= 4 is 46.1 Å². The fourth-order valence-electron chi connectivity index (χ4n) is 7.39. The number of nitrogens with one attached hydrogen (secondary N) is 2. The van der Waals surface area contributed by atoms with Crippen LogP contribution in [0.15, 0.2) is 10.2 Å². The molecule has 0 radical (unpaired) electrons. The van der Waals surface area contributed by atoms with Crippen molar-refractivity contribution in [1.29, 1.82) is 0 Å². The Balaban J connectivity index is 1.51. The van der Waals surface area contributed by atoms with Gasteiger partial charge in [-0.15, -0.1) is 0 Å². The molecule has 4 rings (SSSR count). The summed E-state index contributed by atoms with van der Waals surface area (Å²) < 4.78 is 0. The van der Waals surface area contributed by atoms with E-state index >= 15 is 0 Å². The van der Waals surface area contributed by atoms with Gasteiger partial charge in [0, 0.05) is 16.8 Å². The number of hydrogen-bond acceptors (Lipinski definition) is 4. The third kappa shape index (κ3) is 3.67. The Labute approximate surface area is 184 Å². The number of thiocarbonyl (C=S) groups is 2. The predicted octanol–water partition coefficient (Wildman–Crippen LogP) is 3.41. The summed E-state index contributed by atoms with van der Waals surface area (Å²) >= 11 is 9.86. The Kier molecular flexibility index (Phi) is 5.61. The van der Waals surface area contributed by atoms with Crippen LogP contribution in [-0.2, 0) is 0 Å². The first kappa shape index (κ1) is 21.0. The smallest absolute Gasteiger partial charge is 0.184 e. The Morgan fingerprint density at radius 3 is 2.38 bits per heavy atom. The van der Waals surface area contributed by atoms with E-state index in [1.165, 1.54) is 49.9 Å². The van der Waals surface area contributed by atoms with Gasteiger partial charge in [-0.2, -0.15) is 10.2 Å². The second kappa shape index (κ2) is 7.76. The van der Waals surface area contributed by atoms with E-state index in [0.29, 0.717) is 5.41 Å². The topological polar surface area (TPSA) is 101 Å². The number of nitrogens with zero attached hydrogens (tertiary/aromatic N) is 2. The second-order valence-corrected chi connectivity index (χ2v) is 10.9. The summed E-state index contributed by atoms with van der Waals surface area (Å²) in [4.78, 5) is 0. The molecule has 0 aromatic carbocycles. The molecule has 6 atom stereocenters. The highest BCUT2D eigenvalue weighted by Crippen LogP contribution is 2.65. The van der Waals surface area contributed by atoms with Gasteiger partial charge in [-0.1, -0.05) is 13.8 Å². The minimum Gasteiger partial charge on any atom is -0.375 e. The van der Waals surface area contributed by atoms with E-state index in [2.05, 4.69) is 34.9 Å². The molecule has 0 amide bonds.